The summed E-state index contributed by atoms with van der Waals surface area (Å²) in [4.78, 5) is 2.31. The summed E-state index contributed by atoms with van der Waals surface area (Å²) in [6.07, 6.45) is 4.47. The maximum absolute atomic E-state index is 14.8. The lowest BCUT2D eigenvalue weighted by Gasteiger charge is -2.51. The molecule has 5 heteroatoms. The van der Waals surface area contributed by atoms with Gasteiger partial charge in [0.25, 0.3) is 5.92 Å². The number of alkyl halides is 2. The molecular weight excluding hydrogens is 336 g/mol. The molecule has 1 saturated heterocycles. The van der Waals surface area contributed by atoms with Gasteiger partial charge in [-0.3, -0.25) is 0 Å². The van der Waals surface area contributed by atoms with E-state index < -0.39 is 11.3 Å². The molecule has 0 radical (unpaired) electrons. The van der Waals surface area contributed by atoms with E-state index in [9.17, 15) is 8.78 Å². The lowest BCUT2D eigenvalue weighted by Crippen LogP contribution is -2.53. The molecule has 1 aromatic carbocycles. The Kier molecular flexibility index (Phi) is 4.22. The highest BCUT2D eigenvalue weighted by Crippen LogP contribution is 2.63. The summed E-state index contributed by atoms with van der Waals surface area (Å²) in [6, 6.07) is 6.29. The van der Waals surface area contributed by atoms with E-state index in [0.717, 1.165) is 25.1 Å². The molecule has 3 nitrogen and oxygen atoms in total. The molecule has 1 aliphatic heterocycles. The molecule has 1 spiro atoms. The lowest BCUT2D eigenvalue weighted by molar-refractivity contribution is -0.131. The zero-order valence-corrected chi connectivity index (χ0v) is 16.0. The summed E-state index contributed by atoms with van der Waals surface area (Å²) < 4.78 is 40.4. The highest BCUT2D eigenvalue weighted by molar-refractivity contribution is 5.46. The summed E-state index contributed by atoms with van der Waals surface area (Å²) in [7, 11) is 5.38. The molecule has 0 N–H and O–H groups in total. The van der Waals surface area contributed by atoms with Gasteiger partial charge < -0.3 is 14.4 Å². The monoisotopic (exact) mass is 365 g/mol. The average molecular weight is 365 g/mol. The predicted molar refractivity (Wildman–Crippen MR) is 97.3 cm³/mol. The fourth-order valence-electron chi connectivity index (χ4n) is 5.98. The predicted octanol–water partition coefficient (Wildman–Crippen LogP) is 4.64. The minimum atomic E-state index is -2.51. The SMILES string of the molecule is COc1ccc(C23CCN(C)C2CC2(CCCC2(F)F)CC3)cc1OC. The number of rotatable bonds is 3. The number of likely N-dealkylation sites (N-methyl/N-ethyl adjacent to an activating group) is 1. The Morgan fingerprint density at radius 3 is 2.42 bits per heavy atom. The van der Waals surface area contributed by atoms with Gasteiger partial charge in [0, 0.05) is 23.3 Å². The highest BCUT2D eigenvalue weighted by atomic mass is 19.3. The number of benzene rings is 1. The number of fused-ring (bicyclic) bond motifs is 1. The van der Waals surface area contributed by atoms with Gasteiger partial charge in [0.2, 0.25) is 0 Å². The summed E-state index contributed by atoms with van der Waals surface area (Å²) in [5.74, 6) is -1.08. The molecule has 144 valence electrons. The Morgan fingerprint density at radius 2 is 1.77 bits per heavy atom. The first kappa shape index (κ1) is 18.0. The standard InChI is InChI=1S/C21H29F2NO2/c1-24-12-11-20(15-5-6-16(25-2)17(13-15)26-3)10-9-19(14-18(20)24)7-4-8-21(19,22)23/h5-6,13,18H,4,7-12,14H2,1-3H3. The van der Waals surface area contributed by atoms with Gasteiger partial charge in [0.15, 0.2) is 11.5 Å². The quantitative estimate of drug-likeness (QED) is 0.779. The van der Waals surface area contributed by atoms with E-state index in [2.05, 4.69) is 24.1 Å². The number of ether oxygens (including phenoxy) is 2. The van der Waals surface area contributed by atoms with Crippen molar-refractivity contribution in [2.45, 2.75) is 62.3 Å². The molecular formula is C21H29F2NO2. The normalized spacial score (nSPS) is 36.3. The number of likely N-dealkylation sites (tertiary alicyclic amines) is 1. The van der Waals surface area contributed by atoms with Gasteiger partial charge in [-0.25, -0.2) is 8.78 Å². The van der Waals surface area contributed by atoms with Crippen molar-refractivity contribution < 1.29 is 18.3 Å². The van der Waals surface area contributed by atoms with Gasteiger partial charge in [0.1, 0.15) is 0 Å². The van der Waals surface area contributed by atoms with Crippen LogP contribution in [0.15, 0.2) is 18.2 Å². The summed E-state index contributed by atoms with van der Waals surface area (Å²) in [5.41, 5.74) is 0.356. The first-order valence-electron chi connectivity index (χ1n) is 9.68. The number of nitrogens with zero attached hydrogens (tertiary/aromatic N) is 1. The van der Waals surface area contributed by atoms with Crippen molar-refractivity contribution in [1.29, 1.82) is 0 Å². The van der Waals surface area contributed by atoms with Crippen molar-refractivity contribution in [2.75, 3.05) is 27.8 Å². The number of hydrogen-bond donors (Lipinski definition) is 0. The maximum atomic E-state index is 14.8. The van der Waals surface area contributed by atoms with Crippen LogP contribution in [0.25, 0.3) is 0 Å². The Morgan fingerprint density at radius 1 is 1.00 bits per heavy atom. The van der Waals surface area contributed by atoms with Crippen LogP contribution >= 0.6 is 0 Å². The van der Waals surface area contributed by atoms with E-state index >= 15 is 0 Å². The summed E-state index contributed by atoms with van der Waals surface area (Å²) >= 11 is 0. The number of halogens is 2. The second-order valence-electron chi connectivity index (χ2n) is 8.51. The zero-order chi connectivity index (χ0) is 18.6. The van der Waals surface area contributed by atoms with E-state index in [1.54, 1.807) is 14.2 Å². The largest absolute Gasteiger partial charge is 0.493 e. The molecule has 3 fully saturated rings. The van der Waals surface area contributed by atoms with Crippen LogP contribution in [0.1, 0.15) is 50.5 Å². The van der Waals surface area contributed by atoms with Gasteiger partial charge in [-0.2, -0.15) is 0 Å². The Labute approximate surface area is 154 Å². The number of methoxy groups -OCH3 is 2. The number of hydrogen-bond acceptors (Lipinski definition) is 3. The molecule has 26 heavy (non-hydrogen) atoms. The first-order chi connectivity index (χ1) is 12.4. The molecule has 2 saturated carbocycles. The van der Waals surface area contributed by atoms with Crippen LogP contribution < -0.4 is 9.47 Å². The van der Waals surface area contributed by atoms with Gasteiger partial charge in [0.05, 0.1) is 14.2 Å². The van der Waals surface area contributed by atoms with E-state index in [1.807, 2.05) is 6.07 Å². The minimum Gasteiger partial charge on any atom is -0.493 e. The van der Waals surface area contributed by atoms with Crippen molar-refractivity contribution in [1.82, 2.24) is 4.90 Å². The minimum absolute atomic E-state index is 0.0573. The first-order valence-corrected chi connectivity index (χ1v) is 9.68. The van der Waals surface area contributed by atoms with Crippen LogP contribution in [0.3, 0.4) is 0 Å². The summed E-state index contributed by atoms with van der Waals surface area (Å²) in [5, 5.41) is 0. The van der Waals surface area contributed by atoms with Crippen molar-refractivity contribution in [3.63, 3.8) is 0 Å². The highest BCUT2D eigenvalue weighted by Gasteiger charge is 2.63. The molecule has 0 aromatic heterocycles. The Bertz CT molecular complexity index is 695. The topological polar surface area (TPSA) is 21.7 Å². The zero-order valence-electron chi connectivity index (χ0n) is 16.0. The van der Waals surface area contributed by atoms with Crippen molar-refractivity contribution in [3.05, 3.63) is 23.8 Å². The fourth-order valence-corrected chi connectivity index (χ4v) is 5.98. The second-order valence-corrected chi connectivity index (χ2v) is 8.51. The van der Waals surface area contributed by atoms with Crippen LogP contribution in [-0.4, -0.2) is 44.7 Å². The second kappa shape index (κ2) is 6.08. The molecule has 4 rings (SSSR count). The van der Waals surface area contributed by atoms with E-state index in [1.165, 1.54) is 5.56 Å². The molecule has 2 aliphatic carbocycles. The van der Waals surface area contributed by atoms with Gasteiger partial charge in [-0.15, -0.1) is 0 Å². The van der Waals surface area contributed by atoms with Gasteiger partial charge in [-0.05, 0) is 69.8 Å². The molecule has 3 aliphatic rings. The Hall–Kier alpha value is -1.36. The maximum Gasteiger partial charge on any atom is 0.253 e. The molecule has 0 amide bonds. The van der Waals surface area contributed by atoms with Crippen molar-refractivity contribution >= 4 is 0 Å². The molecule has 1 aromatic rings. The Balaban J connectivity index is 1.72. The van der Waals surface area contributed by atoms with E-state index in [-0.39, 0.29) is 17.9 Å². The van der Waals surface area contributed by atoms with E-state index in [4.69, 9.17) is 9.47 Å². The van der Waals surface area contributed by atoms with Crippen molar-refractivity contribution in [3.8, 4) is 11.5 Å². The van der Waals surface area contributed by atoms with Crippen LogP contribution in [0, 0.1) is 5.41 Å². The third-order valence-electron chi connectivity index (χ3n) is 7.59. The van der Waals surface area contributed by atoms with E-state index in [0.29, 0.717) is 31.4 Å². The average Bonchev–Trinajstić information content (AvgIpc) is 3.12. The fraction of sp³-hybridized carbons (Fsp3) is 0.714. The third-order valence-corrected chi connectivity index (χ3v) is 7.59. The van der Waals surface area contributed by atoms with Crippen LogP contribution in [-0.2, 0) is 5.41 Å². The lowest BCUT2D eigenvalue weighted by atomic mass is 9.57. The molecule has 1 heterocycles. The summed E-state index contributed by atoms with van der Waals surface area (Å²) in [6.45, 7) is 0.959. The van der Waals surface area contributed by atoms with Crippen LogP contribution in [0.4, 0.5) is 8.78 Å². The third kappa shape index (κ3) is 2.39. The molecule has 3 unspecified atom stereocenters. The van der Waals surface area contributed by atoms with Gasteiger partial charge in [-0.1, -0.05) is 6.07 Å². The molecule has 0 bridgehead atoms. The van der Waals surface area contributed by atoms with Gasteiger partial charge >= 0.3 is 0 Å². The van der Waals surface area contributed by atoms with Crippen LogP contribution in [0.2, 0.25) is 0 Å². The van der Waals surface area contributed by atoms with Crippen molar-refractivity contribution in [2.24, 2.45) is 5.41 Å². The van der Waals surface area contributed by atoms with Crippen LogP contribution in [0.5, 0.6) is 11.5 Å². The smallest absolute Gasteiger partial charge is 0.253 e. The molecule has 3 atom stereocenters.